The van der Waals surface area contributed by atoms with Gasteiger partial charge < -0.3 is 14.6 Å². The average molecular weight is 433 g/mol. The van der Waals surface area contributed by atoms with Crippen LogP contribution in [-0.2, 0) is 5.41 Å². The number of hydrogen-bond acceptors (Lipinski definition) is 7. The zero-order valence-corrected chi connectivity index (χ0v) is 18.2. The van der Waals surface area contributed by atoms with E-state index in [9.17, 15) is 0 Å². The Kier molecular flexibility index (Phi) is 4.54. The maximum absolute atomic E-state index is 5.66. The lowest BCUT2D eigenvalue weighted by Crippen LogP contribution is -2.45. The summed E-state index contributed by atoms with van der Waals surface area (Å²) in [5.74, 6) is 2.77. The molecule has 0 radical (unpaired) electrons. The summed E-state index contributed by atoms with van der Waals surface area (Å²) in [5.41, 5.74) is 2.32. The first-order valence-electron chi connectivity index (χ1n) is 10.8. The minimum atomic E-state index is -0.0223. The van der Waals surface area contributed by atoms with Gasteiger partial charge in [0, 0.05) is 23.9 Å². The predicted octanol–water partition coefficient (Wildman–Crippen LogP) is 4.92. The molecule has 2 heterocycles. The summed E-state index contributed by atoms with van der Waals surface area (Å²) >= 11 is 1.55. The lowest BCUT2D eigenvalue weighted by Gasteiger charge is -2.39. The molecule has 2 aromatic carbocycles. The lowest BCUT2D eigenvalue weighted by molar-refractivity contribution is 0.211. The van der Waals surface area contributed by atoms with Gasteiger partial charge in [0.05, 0.1) is 17.3 Å². The van der Waals surface area contributed by atoms with Crippen molar-refractivity contribution in [2.24, 2.45) is 0 Å². The number of nitrogens with one attached hydrogen (secondary N) is 1. The SMILES string of the molecule is COc1ccc2nc(-c3nc(C4(CN[C@H]5C[C@@H]5c5ccccc5)CCC4)no3)sc2c1. The maximum atomic E-state index is 5.66. The van der Waals surface area contributed by atoms with Crippen LogP contribution in [0.5, 0.6) is 5.75 Å². The fourth-order valence-electron chi connectivity index (χ4n) is 4.55. The van der Waals surface area contributed by atoms with E-state index in [4.69, 9.17) is 14.2 Å². The fraction of sp³-hybridized carbons (Fsp3) is 0.375. The van der Waals surface area contributed by atoms with E-state index in [0.717, 1.165) is 46.2 Å². The highest BCUT2D eigenvalue weighted by Crippen LogP contribution is 2.45. The number of benzene rings is 2. The Labute approximate surface area is 184 Å². The van der Waals surface area contributed by atoms with Crippen LogP contribution in [0.4, 0.5) is 0 Å². The van der Waals surface area contributed by atoms with Crippen LogP contribution in [0.15, 0.2) is 53.1 Å². The molecule has 0 amide bonds. The molecule has 7 heteroatoms. The summed E-state index contributed by atoms with van der Waals surface area (Å²) in [6.45, 7) is 0.900. The van der Waals surface area contributed by atoms with Gasteiger partial charge in [0.15, 0.2) is 10.8 Å². The third-order valence-electron chi connectivity index (χ3n) is 6.71. The fourth-order valence-corrected chi connectivity index (χ4v) is 5.46. The molecule has 6 rings (SSSR count). The van der Waals surface area contributed by atoms with E-state index in [1.807, 2.05) is 18.2 Å². The van der Waals surface area contributed by atoms with Crippen molar-refractivity contribution in [2.45, 2.75) is 43.1 Å². The topological polar surface area (TPSA) is 73.1 Å². The second-order valence-electron chi connectivity index (χ2n) is 8.65. The standard InChI is InChI=1S/C24H24N4O2S/c1-29-16-8-9-18-20(12-16)31-22(26-18)21-27-23(28-30-21)24(10-5-11-24)14-25-19-13-17(19)15-6-3-2-4-7-15/h2-4,6-9,12,17,19,25H,5,10-11,13-14H2,1H3/t17-,19+/m1/s1. The summed E-state index contributed by atoms with van der Waals surface area (Å²) in [6.07, 6.45) is 4.60. The van der Waals surface area contributed by atoms with Crippen LogP contribution in [0.2, 0.25) is 0 Å². The minimum Gasteiger partial charge on any atom is -0.497 e. The quantitative estimate of drug-likeness (QED) is 0.447. The van der Waals surface area contributed by atoms with Gasteiger partial charge in [-0.15, -0.1) is 11.3 Å². The molecule has 158 valence electrons. The third kappa shape index (κ3) is 3.42. The van der Waals surface area contributed by atoms with Crippen molar-refractivity contribution in [3.05, 3.63) is 59.9 Å². The number of thiazole rings is 1. The Morgan fingerprint density at radius 1 is 1.16 bits per heavy atom. The van der Waals surface area contributed by atoms with Gasteiger partial charge in [0.2, 0.25) is 0 Å². The summed E-state index contributed by atoms with van der Waals surface area (Å²) in [7, 11) is 1.67. The van der Waals surface area contributed by atoms with Gasteiger partial charge in [-0.25, -0.2) is 4.98 Å². The van der Waals surface area contributed by atoms with Crippen molar-refractivity contribution in [3.63, 3.8) is 0 Å². The second-order valence-corrected chi connectivity index (χ2v) is 9.68. The van der Waals surface area contributed by atoms with Crippen molar-refractivity contribution >= 4 is 21.6 Å². The number of hydrogen-bond donors (Lipinski definition) is 1. The molecule has 4 aromatic rings. The van der Waals surface area contributed by atoms with Gasteiger partial charge in [-0.1, -0.05) is 41.9 Å². The Balaban J connectivity index is 1.18. The summed E-state index contributed by atoms with van der Waals surface area (Å²) in [4.78, 5) is 9.46. The van der Waals surface area contributed by atoms with Gasteiger partial charge >= 0.3 is 0 Å². The van der Waals surface area contributed by atoms with Crippen molar-refractivity contribution < 1.29 is 9.26 Å². The first kappa shape index (κ1) is 19.0. The molecule has 0 saturated heterocycles. The number of nitrogens with zero attached hydrogens (tertiary/aromatic N) is 3. The van der Waals surface area contributed by atoms with E-state index >= 15 is 0 Å². The van der Waals surface area contributed by atoms with Crippen LogP contribution in [-0.4, -0.2) is 34.8 Å². The number of methoxy groups -OCH3 is 1. The Bertz CT molecular complexity index is 1210. The van der Waals surface area contributed by atoms with Gasteiger partial charge in [-0.2, -0.15) is 4.98 Å². The van der Waals surface area contributed by atoms with Crippen LogP contribution in [0.3, 0.4) is 0 Å². The molecular formula is C24H24N4O2S. The smallest absolute Gasteiger partial charge is 0.286 e. The molecule has 31 heavy (non-hydrogen) atoms. The number of aromatic nitrogens is 3. The number of rotatable bonds is 7. The molecule has 0 bridgehead atoms. The Morgan fingerprint density at radius 2 is 2.03 bits per heavy atom. The molecule has 1 N–H and O–H groups in total. The largest absolute Gasteiger partial charge is 0.497 e. The van der Waals surface area contributed by atoms with E-state index in [1.54, 1.807) is 18.4 Å². The van der Waals surface area contributed by atoms with Crippen LogP contribution in [0.1, 0.15) is 43.0 Å². The molecular weight excluding hydrogens is 408 g/mol. The van der Waals surface area contributed by atoms with Crippen molar-refractivity contribution in [3.8, 4) is 16.6 Å². The molecule has 2 atom stereocenters. The van der Waals surface area contributed by atoms with Crippen LogP contribution in [0.25, 0.3) is 21.1 Å². The molecule has 2 fully saturated rings. The van der Waals surface area contributed by atoms with Crippen LogP contribution < -0.4 is 10.1 Å². The first-order valence-corrected chi connectivity index (χ1v) is 11.6. The van der Waals surface area contributed by atoms with Crippen molar-refractivity contribution in [1.82, 2.24) is 20.4 Å². The molecule has 2 aliphatic carbocycles. The van der Waals surface area contributed by atoms with E-state index in [1.165, 1.54) is 18.4 Å². The molecule has 2 aromatic heterocycles. The average Bonchev–Trinajstić information content (AvgIpc) is 3.18. The highest BCUT2D eigenvalue weighted by atomic mass is 32.1. The molecule has 0 spiro atoms. The highest BCUT2D eigenvalue weighted by Gasteiger charge is 2.46. The Hall–Kier alpha value is -2.77. The minimum absolute atomic E-state index is 0.0223. The number of fused-ring (bicyclic) bond motifs is 1. The molecule has 0 aliphatic heterocycles. The summed E-state index contributed by atoms with van der Waals surface area (Å²) < 4.78 is 12.0. The van der Waals surface area contributed by atoms with Gasteiger partial charge in [0.1, 0.15) is 5.75 Å². The monoisotopic (exact) mass is 432 g/mol. The second kappa shape index (κ2) is 7.43. The lowest BCUT2D eigenvalue weighted by atomic mass is 9.68. The molecule has 2 aliphatic rings. The molecule has 6 nitrogen and oxygen atoms in total. The van der Waals surface area contributed by atoms with E-state index in [0.29, 0.717) is 17.9 Å². The maximum Gasteiger partial charge on any atom is 0.286 e. The predicted molar refractivity (Wildman–Crippen MR) is 121 cm³/mol. The Morgan fingerprint density at radius 3 is 2.81 bits per heavy atom. The number of ether oxygens (including phenoxy) is 1. The van der Waals surface area contributed by atoms with Crippen molar-refractivity contribution in [1.29, 1.82) is 0 Å². The van der Waals surface area contributed by atoms with E-state index in [-0.39, 0.29) is 5.41 Å². The summed E-state index contributed by atoms with van der Waals surface area (Å²) in [5, 5.41) is 8.92. The third-order valence-corrected chi connectivity index (χ3v) is 7.72. The van der Waals surface area contributed by atoms with Gasteiger partial charge in [0.25, 0.3) is 5.89 Å². The molecule has 0 unspecified atom stereocenters. The van der Waals surface area contributed by atoms with Crippen LogP contribution >= 0.6 is 11.3 Å². The highest BCUT2D eigenvalue weighted by molar-refractivity contribution is 7.21. The van der Waals surface area contributed by atoms with Gasteiger partial charge in [-0.05, 0) is 43.0 Å². The summed E-state index contributed by atoms with van der Waals surface area (Å²) in [6, 6.07) is 17.2. The van der Waals surface area contributed by atoms with Crippen molar-refractivity contribution in [2.75, 3.05) is 13.7 Å². The zero-order valence-electron chi connectivity index (χ0n) is 17.4. The normalized spacial score (nSPS) is 21.7. The van der Waals surface area contributed by atoms with E-state index < -0.39 is 0 Å². The zero-order chi connectivity index (χ0) is 20.8. The first-order chi connectivity index (χ1) is 15.2. The molecule has 2 saturated carbocycles. The van der Waals surface area contributed by atoms with E-state index in [2.05, 4.69) is 45.8 Å². The van der Waals surface area contributed by atoms with Gasteiger partial charge in [-0.3, -0.25) is 0 Å². The van der Waals surface area contributed by atoms with Crippen LogP contribution in [0, 0.1) is 0 Å².